The van der Waals surface area contributed by atoms with Crippen LogP contribution in [0.3, 0.4) is 0 Å². The number of aromatic nitrogens is 1. The van der Waals surface area contributed by atoms with Gasteiger partial charge in [-0.25, -0.2) is 0 Å². The Bertz CT molecular complexity index is 1230. The number of H-pyrrole nitrogens is 1. The van der Waals surface area contributed by atoms with Crippen LogP contribution in [0.4, 0.5) is 5.69 Å². The summed E-state index contributed by atoms with van der Waals surface area (Å²) in [4.78, 5) is 28.9. The molecule has 1 aromatic heterocycles. The van der Waals surface area contributed by atoms with Gasteiger partial charge in [-0.3, -0.25) is 9.59 Å². The number of benzene rings is 3. The van der Waals surface area contributed by atoms with Gasteiger partial charge in [0.15, 0.2) is 0 Å². The van der Waals surface area contributed by atoms with Gasteiger partial charge in [0.2, 0.25) is 0 Å². The van der Waals surface area contributed by atoms with E-state index in [0.717, 1.165) is 16.5 Å². The molecule has 0 unspecified atom stereocenters. The first-order valence-corrected chi connectivity index (χ1v) is 9.69. The molecule has 4 aromatic rings. The summed E-state index contributed by atoms with van der Waals surface area (Å²) in [5, 5.41) is 7.05. The molecule has 4 rings (SSSR count). The Labute approximate surface area is 178 Å². The van der Waals surface area contributed by atoms with Gasteiger partial charge in [-0.05, 0) is 48.5 Å². The van der Waals surface area contributed by atoms with E-state index in [1.54, 1.807) is 60.8 Å². The van der Waals surface area contributed by atoms with Crippen molar-refractivity contribution in [2.45, 2.75) is 0 Å². The highest BCUT2D eigenvalue weighted by Gasteiger charge is 2.16. The number of rotatable bonds is 5. The van der Waals surface area contributed by atoms with E-state index in [1.807, 2.05) is 30.3 Å². The van der Waals surface area contributed by atoms with Gasteiger partial charge in [-0.2, -0.15) is 0 Å². The molecule has 0 atom stereocenters. The van der Waals surface area contributed by atoms with Gasteiger partial charge in [-0.15, -0.1) is 0 Å². The molecule has 6 heteroatoms. The number of aromatic amines is 1. The van der Waals surface area contributed by atoms with E-state index in [-0.39, 0.29) is 11.6 Å². The van der Waals surface area contributed by atoms with Crippen LogP contribution in [0.25, 0.3) is 17.0 Å². The molecule has 0 aliphatic rings. The molecule has 0 fully saturated rings. The third-order valence-corrected chi connectivity index (χ3v) is 4.80. The molecular formula is C24H18ClN3O2. The molecule has 30 heavy (non-hydrogen) atoms. The lowest BCUT2D eigenvalue weighted by Gasteiger charge is -2.11. The number of halogens is 1. The van der Waals surface area contributed by atoms with E-state index in [9.17, 15) is 9.59 Å². The quantitative estimate of drug-likeness (QED) is 0.390. The number of anilines is 1. The normalized spacial score (nSPS) is 11.3. The van der Waals surface area contributed by atoms with Crippen molar-refractivity contribution < 1.29 is 9.59 Å². The number of amides is 2. The number of para-hydroxylation sites is 1. The SMILES string of the molecule is O=C(Nc1ccc(Cl)cc1)C(=Cc1c[nH]c2ccccc12)NC(=O)c1ccccc1. The summed E-state index contributed by atoms with van der Waals surface area (Å²) in [5.41, 5.74) is 2.89. The summed E-state index contributed by atoms with van der Waals surface area (Å²) in [6.45, 7) is 0. The van der Waals surface area contributed by atoms with Crippen molar-refractivity contribution in [2.24, 2.45) is 0 Å². The van der Waals surface area contributed by atoms with Crippen molar-refractivity contribution in [3.8, 4) is 0 Å². The van der Waals surface area contributed by atoms with Gasteiger partial charge in [0, 0.05) is 38.9 Å². The highest BCUT2D eigenvalue weighted by atomic mass is 35.5. The predicted octanol–water partition coefficient (Wildman–Crippen LogP) is 5.23. The second-order valence-electron chi connectivity index (χ2n) is 6.63. The zero-order valence-electron chi connectivity index (χ0n) is 15.9. The van der Waals surface area contributed by atoms with Crippen LogP contribution in [-0.4, -0.2) is 16.8 Å². The fourth-order valence-corrected chi connectivity index (χ4v) is 3.17. The zero-order chi connectivity index (χ0) is 20.9. The first kappa shape index (κ1) is 19.5. The summed E-state index contributed by atoms with van der Waals surface area (Å²) in [5.74, 6) is -0.806. The monoisotopic (exact) mass is 415 g/mol. The van der Waals surface area contributed by atoms with Gasteiger partial charge < -0.3 is 15.6 Å². The van der Waals surface area contributed by atoms with Crippen LogP contribution in [0.15, 0.2) is 90.8 Å². The number of nitrogens with one attached hydrogen (secondary N) is 3. The van der Waals surface area contributed by atoms with E-state index < -0.39 is 5.91 Å². The van der Waals surface area contributed by atoms with Crippen LogP contribution >= 0.6 is 11.6 Å². The van der Waals surface area contributed by atoms with Crippen molar-refractivity contribution in [1.29, 1.82) is 0 Å². The Morgan fingerprint density at radius 2 is 1.57 bits per heavy atom. The largest absolute Gasteiger partial charge is 0.361 e. The molecule has 2 amide bonds. The smallest absolute Gasteiger partial charge is 0.272 e. The Morgan fingerprint density at radius 1 is 0.867 bits per heavy atom. The molecule has 1 heterocycles. The van der Waals surface area contributed by atoms with Crippen LogP contribution in [0.1, 0.15) is 15.9 Å². The van der Waals surface area contributed by atoms with Crippen molar-refractivity contribution in [3.63, 3.8) is 0 Å². The third kappa shape index (κ3) is 4.42. The molecule has 5 nitrogen and oxygen atoms in total. The van der Waals surface area contributed by atoms with Crippen molar-refractivity contribution in [1.82, 2.24) is 10.3 Å². The highest BCUT2D eigenvalue weighted by molar-refractivity contribution is 6.30. The maximum absolute atomic E-state index is 13.0. The number of carbonyl (C=O) groups is 2. The maximum Gasteiger partial charge on any atom is 0.272 e. The lowest BCUT2D eigenvalue weighted by molar-refractivity contribution is -0.113. The number of carbonyl (C=O) groups excluding carboxylic acids is 2. The minimum Gasteiger partial charge on any atom is -0.361 e. The molecule has 0 spiro atoms. The Hall–Kier alpha value is -3.83. The van der Waals surface area contributed by atoms with Gasteiger partial charge in [0.05, 0.1) is 0 Å². The topological polar surface area (TPSA) is 74.0 Å². The van der Waals surface area contributed by atoms with Crippen LogP contribution in [0.5, 0.6) is 0 Å². The van der Waals surface area contributed by atoms with Gasteiger partial charge in [-0.1, -0.05) is 48.0 Å². The summed E-state index contributed by atoms with van der Waals surface area (Å²) in [7, 11) is 0. The summed E-state index contributed by atoms with van der Waals surface area (Å²) in [6, 6.07) is 23.3. The minimum atomic E-state index is -0.438. The zero-order valence-corrected chi connectivity index (χ0v) is 16.6. The maximum atomic E-state index is 13.0. The average molecular weight is 416 g/mol. The van der Waals surface area contributed by atoms with E-state index in [0.29, 0.717) is 16.3 Å². The number of fused-ring (bicyclic) bond motifs is 1. The second-order valence-corrected chi connectivity index (χ2v) is 7.07. The van der Waals surface area contributed by atoms with E-state index in [1.165, 1.54) is 0 Å². The fourth-order valence-electron chi connectivity index (χ4n) is 3.04. The molecule has 3 N–H and O–H groups in total. The standard InChI is InChI=1S/C24H18ClN3O2/c25-18-10-12-19(13-11-18)27-24(30)22(28-23(29)16-6-2-1-3-7-16)14-17-15-26-21-9-5-4-8-20(17)21/h1-15,26H,(H,27,30)(H,28,29). The first-order valence-electron chi connectivity index (χ1n) is 9.31. The van der Waals surface area contributed by atoms with Gasteiger partial charge in [0.25, 0.3) is 11.8 Å². The molecule has 0 bridgehead atoms. The van der Waals surface area contributed by atoms with E-state index in [2.05, 4.69) is 15.6 Å². The molecule has 0 aliphatic carbocycles. The van der Waals surface area contributed by atoms with Crippen LogP contribution < -0.4 is 10.6 Å². The molecular weight excluding hydrogens is 398 g/mol. The molecule has 0 saturated carbocycles. The van der Waals surface area contributed by atoms with Gasteiger partial charge in [0.1, 0.15) is 5.70 Å². The van der Waals surface area contributed by atoms with Crippen molar-refractivity contribution >= 4 is 46.1 Å². The molecule has 0 saturated heterocycles. The van der Waals surface area contributed by atoms with Crippen LogP contribution in [0.2, 0.25) is 5.02 Å². The van der Waals surface area contributed by atoms with Gasteiger partial charge >= 0.3 is 0 Å². The molecule has 3 aromatic carbocycles. The lowest BCUT2D eigenvalue weighted by atomic mass is 10.1. The summed E-state index contributed by atoms with van der Waals surface area (Å²) < 4.78 is 0. The summed E-state index contributed by atoms with van der Waals surface area (Å²) in [6.07, 6.45) is 3.46. The second kappa shape index (κ2) is 8.68. The summed E-state index contributed by atoms with van der Waals surface area (Å²) >= 11 is 5.91. The van der Waals surface area contributed by atoms with E-state index in [4.69, 9.17) is 11.6 Å². The first-order chi connectivity index (χ1) is 14.6. The Balaban J connectivity index is 1.67. The Kier molecular flexibility index (Phi) is 5.63. The minimum absolute atomic E-state index is 0.128. The van der Waals surface area contributed by atoms with E-state index >= 15 is 0 Å². The number of hydrogen-bond acceptors (Lipinski definition) is 2. The van der Waals surface area contributed by atoms with Crippen molar-refractivity contribution in [3.05, 3.63) is 107 Å². The highest BCUT2D eigenvalue weighted by Crippen LogP contribution is 2.21. The van der Waals surface area contributed by atoms with Crippen LogP contribution in [-0.2, 0) is 4.79 Å². The molecule has 0 aliphatic heterocycles. The third-order valence-electron chi connectivity index (χ3n) is 4.55. The van der Waals surface area contributed by atoms with Crippen molar-refractivity contribution in [2.75, 3.05) is 5.32 Å². The lowest BCUT2D eigenvalue weighted by Crippen LogP contribution is -2.30. The molecule has 148 valence electrons. The van der Waals surface area contributed by atoms with Crippen LogP contribution in [0, 0.1) is 0 Å². The average Bonchev–Trinajstić information content (AvgIpc) is 3.18. The molecule has 0 radical (unpaired) electrons. The predicted molar refractivity (Wildman–Crippen MR) is 120 cm³/mol. The number of hydrogen-bond donors (Lipinski definition) is 3. The Morgan fingerprint density at radius 3 is 2.33 bits per heavy atom. The fraction of sp³-hybridized carbons (Fsp3) is 0.